The summed E-state index contributed by atoms with van der Waals surface area (Å²) < 4.78 is 0.608. The summed E-state index contributed by atoms with van der Waals surface area (Å²) in [6.45, 7) is 1.54. The molecule has 1 aliphatic rings. The van der Waals surface area contributed by atoms with E-state index < -0.39 is 4.92 Å². The van der Waals surface area contributed by atoms with E-state index >= 15 is 0 Å². The van der Waals surface area contributed by atoms with Gasteiger partial charge in [-0.15, -0.1) is 0 Å². The predicted octanol–water partition coefficient (Wildman–Crippen LogP) is 2.30. The van der Waals surface area contributed by atoms with Crippen molar-refractivity contribution in [3.8, 4) is 0 Å². The maximum atomic E-state index is 12.0. The van der Waals surface area contributed by atoms with E-state index in [2.05, 4.69) is 26.6 Å². The highest BCUT2D eigenvalue weighted by molar-refractivity contribution is 9.10. The summed E-state index contributed by atoms with van der Waals surface area (Å²) in [4.78, 5) is 22.5. The number of hydrogen-bond donors (Lipinski definition) is 2. The maximum absolute atomic E-state index is 12.0. The minimum Gasteiger partial charge on any atom is -0.320 e. The van der Waals surface area contributed by atoms with Crippen LogP contribution in [0.2, 0.25) is 0 Å². The van der Waals surface area contributed by atoms with Crippen LogP contribution in [0.5, 0.6) is 0 Å². The zero-order valence-corrected chi connectivity index (χ0v) is 11.8. The molecule has 1 amide bonds. The average molecular weight is 328 g/mol. The van der Waals surface area contributed by atoms with Crippen molar-refractivity contribution in [3.63, 3.8) is 0 Å². The molecule has 0 aliphatic carbocycles. The molecule has 2 rings (SSSR count). The highest BCUT2D eigenvalue weighted by atomic mass is 79.9. The standard InChI is InChI=1S/C12H14BrN3O3/c13-9-3-4-10(11(6-9)16(18)19)15-12(17)8-2-1-5-14-7-8/h3-4,6,8,14H,1-2,5,7H2,(H,15,17)/t8-/m0/s1. The quantitative estimate of drug-likeness (QED) is 0.659. The van der Waals surface area contributed by atoms with E-state index in [1.54, 1.807) is 6.07 Å². The van der Waals surface area contributed by atoms with Gasteiger partial charge in [-0.25, -0.2) is 0 Å². The fraction of sp³-hybridized carbons (Fsp3) is 0.417. The van der Waals surface area contributed by atoms with Gasteiger partial charge in [0.05, 0.1) is 10.8 Å². The molecule has 102 valence electrons. The minimum absolute atomic E-state index is 0.105. The largest absolute Gasteiger partial charge is 0.320 e. The zero-order chi connectivity index (χ0) is 13.8. The Kier molecular flexibility index (Phi) is 4.49. The van der Waals surface area contributed by atoms with Gasteiger partial charge in [0.25, 0.3) is 5.69 Å². The molecule has 1 aromatic rings. The summed E-state index contributed by atoms with van der Waals surface area (Å²) in [6, 6.07) is 4.59. The first-order valence-electron chi connectivity index (χ1n) is 6.03. The van der Waals surface area contributed by atoms with Crippen molar-refractivity contribution in [2.24, 2.45) is 5.92 Å². The molecule has 1 fully saturated rings. The molecule has 1 atom stereocenters. The van der Waals surface area contributed by atoms with Crippen LogP contribution in [0.4, 0.5) is 11.4 Å². The molecule has 0 unspecified atom stereocenters. The summed E-state index contributed by atoms with van der Waals surface area (Å²) in [6.07, 6.45) is 1.75. The molecule has 0 saturated carbocycles. The van der Waals surface area contributed by atoms with E-state index in [9.17, 15) is 14.9 Å². The molecule has 6 nitrogen and oxygen atoms in total. The van der Waals surface area contributed by atoms with Gasteiger partial charge in [0.15, 0.2) is 0 Å². The molecule has 1 heterocycles. The van der Waals surface area contributed by atoms with Gasteiger partial charge in [0.2, 0.25) is 5.91 Å². The van der Waals surface area contributed by atoms with Gasteiger partial charge in [-0.2, -0.15) is 0 Å². The Labute approximate surface area is 118 Å². The Morgan fingerprint density at radius 2 is 2.32 bits per heavy atom. The Balaban J connectivity index is 2.13. The molecule has 2 N–H and O–H groups in total. The van der Waals surface area contributed by atoms with Gasteiger partial charge in [0.1, 0.15) is 5.69 Å². The molecule has 0 radical (unpaired) electrons. The minimum atomic E-state index is -0.501. The molecule has 0 spiro atoms. The van der Waals surface area contributed by atoms with Crippen LogP contribution in [0.15, 0.2) is 22.7 Å². The Bertz CT molecular complexity index is 501. The van der Waals surface area contributed by atoms with Gasteiger partial charge in [-0.05, 0) is 31.5 Å². The molecule has 1 aromatic carbocycles. The third kappa shape index (κ3) is 3.51. The molecular weight excluding hydrogens is 314 g/mol. The number of benzene rings is 1. The first-order valence-corrected chi connectivity index (χ1v) is 6.83. The van der Waals surface area contributed by atoms with Crippen LogP contribution in [0, 0.1) is 16.0 Å². The Morgan fingerprint density at radius 3 is 2.95 bits per heavy atom. The van der Waals surface area contributed by atoms with E-state index in [0.29, 0.717) is 11.0 Å². The number of rotatable bonds is 3. The summed E-state index contributed by atoms with van der Waals surface area (Å²) in [5.74, 6) is -0.297. The van der Waals surface area contributed by atoms with Crippen LogP contribution < -0.4 is 10.6 Å². The van der Waals surface area contributed by atoms with Gasteiger partial charge in [0, 0.05) is 17.1 Å². The maximum Gasteiger partial charge on any atom is 0.293 e. The number of nitrogens with one attached hydrogen (secondary N) is 2. The molecule has 19 heavy (non-hydrogen) atoms. The van der Waals surface area contributed by atoms with Crippen LogP contribution in [0.3, 0.4) is 0 Å². The fourth-order valence-electron chi connectivity index (χ4n) is 2.07. The van der Waals surface area contributed by atoms with Gasteiger partial charge in [-0.3, -0.25) is 14.9 Å². The van der Waals surface area contributed by atoms with Crippen molar-refractivity contribution in [2.75, 3.05) is 18.4 Å². The van der Waals surface area contributed by atoms with E-state index in [1.807, 2.05) is 0 Å². The topological polar surface area (TPSA) is 84.3 Å². The summed E-state index contributed by atoms with van der Waals surface area (Å²) in [5.41, 5.74) is 0.135. The first kappa shape index (κ1) is 14.0. The number of amides is 1. The molecule has 0 bridgehead atoms. The van der Waals surface area contributed by atoms with Crippen molar-refractivity contribution in [1.29, 1.82) is 0 Å². The summed E-state index contributed by atoms with van der Waals surface area (Å²) >= 11 is 3.18. The van der Waals surface area contributed by atoms with E-state index in [0.717, 1.165) is 19.4 Å². The SMILES string of the molecule is O=C(Nc1ccc(Br)cc1[N+](=O)[O-])[C@H]1CCCNC1. The first-order chi connectivity index (χ1) is 9.08. The second-order valence-corrected chi connectivity index (χ2v) is 5.37. The Morgan fingerprint density at radius 1 is 1.53 bits per heavy atom. The molecular formula is C12H14BrN3O3. The molecule has 1 aliphatic heterocycles. The van der Waals surface area contributed by atoms with E-state index in [1.165, 1.54) is 12.1 Å². The third-order valence-electron chi connectivity index (χ3n) is 3.08. The number of halogens is 1. The summed E-state index contributed by atoms with van der Waals surface area (Å²) in [5, 5.41) is 16.7. The second kappa shape index (κ2) is 6.12. The highest BCUT2D eigenvalue weighted by Gasteiger charge is 2.23. The zero-order valence-electron chi connectivity index (χ0n) is 10.2. The van der Waals surface area contributed by atoms with Crippen LogP contribution in [0.1, 0.15) is 12.8 Å². The smallest absolute Gasteiger partial charge is 0.293 e. The molecule has 0 aromatic heterocycles. The van der Waals surface area contributed by atoms with Crippen molar-refractivity contribution in [3.05, 3.63) is 32.8 Å². The molecule has 7 heteroatoms. The van der Waals surface area contributed by atoms with Crippen molar-refractivity contribution >= 4 is 33.2 Å². The van der Waals surface area contributed by atoms with Crippen molar-refractivity contribution in [2.45, 2.75) is 12.8 Å². The number of nitrogens with zero attached hydrogens (tertiary/aromatic N) is 1. The number of anilines is 1. The summed E-state index contributed by atoms with van der Waals surface area (Å²) in [7, 11) is 0. The lowest BCUT2D eigenvalue weighted by molar-refractivity contribution is -0.384. The third-order valence-corrected chi connectivity index (χ3v) is 3.58. The van der Waals surface area contributed by atoms with E-state index in [-0.39, 0.29) is 23.2 Å². The highest BCUT2D eigenvalue weighted by Crippen LogP contribution is 2.28. The number of nitro benzene ring substituents is 1. The van der Waals surface area contributed by atoms with Crippen LogP contribution in [-0.4, -0.2) is 23.9 Å². The average Bonchev–Trinajstić information content (AvgIpc) is 2.41. The Hall–Kier alpha value is -1.47. The number of carbonyl (C=O) groups is 1. The predicted molar refractivity (Wildman–Crippen MR) is 75.0 cm³/mol. The van der Waals surface area contributed by atoms with Crippen molar-refractivity contribution in [1.82, 2.24) is 5.32 Å². The number of piperidine rings is 1. The van der Waals surface area contributed by atoms with Gasteiger partial charge in [-0.1, -0.05) is 15.9 Å². The number of nitro groups is 1. The van der Waals surface area contributed by atoms with Crippen LogP contribution in [0.25, 0.3) is 0 Å². The fourth-order valence-corrected chi connectivity index (χ4v) is 2.42. The monoisotopic (exact) mass is 327 g/mol. The normalized spacial score (nSPS) is 18.9. The second-order valence-electron chi connectivity index (χ2n) is 4.45. The van der Waals surface area contributed by atoms with E-state index in [4.69, 9.17) is 0 Å². The van der Waals surface area contributed by atoms with Gasteiger partial charge >= 0.3 is 0 Å². The van der Waals surface area contributed by atoms with Crippen LogP contribution >= 0.6 is 15.9 Å². The number of hydrogen-bond acceptors (Lipinski definition) is 4. The lowest BCUT2D eigenvalue weighted by atomic mass is 9.99. The molecule has 1 saturated heterocycles. The lowest BCUT2D eigenvalue weighted by Crippen LogP contribution is -2.37. The number of carbonyl (C=O) groups excluding carboxylic acids is 1. The van der Waals surface area contributed by atoms with Crippen molar-refractivity contribution < 1.29 is 9.72 Å². The lowest BCUT2D eigenvalue weighted by Gasteiger charge is -2.21. The van der Waals surface area contributed by atoms with Gasteiger partial charge < -0.3 is 10.6 Å². The van der Waals surface area contributed by atoms with Crippen LogP contribution in [-0.2, 0) is 4.79 Å².